The molecule has 0 radical (unpaired) electrons. The molecule has 0 aliphatic rings. The van der Waals surface area contributed by atoms with Gasteiger partial charge in [-0.3, -0.25) is 0 Å². The summed E-state index contributed by atoms with van der Waals surface area (Å²) in [4.78, 5) is 0. The number of aromatic hydroxyl groups is 4. The summed E-state index contributed by atoms with van der Waals surface area (Å²) in [5, 5.41) is 46.8. The van der Waals surface area contributed by atoms with E-state index in [2.05, 4.69) is 97.1 Å². The summed E-state index contributed by atoms with van der Waals surface area (Å²) in [5.74, 6) is 0.677. The lowest BCUT2D eigenvalue weighted by molar-refractivity contribution is 0.399. The van der Waals surface area contributed by atoms with Crippen LogP contribution in [0.5, 0.6) is 23.0 Å². The zero-order valence-corrected chi connectivity index (χ0v) is 27.1. The lowest BCUT2D eigenvalue weighted by atomic mass is 10.1. The van der Waals surface area contributed by atoms with E-state index in [4.69, 9.17) is 25.5 Å². The number of aliphatic hydroxyl groups is 1. The molecule has 0 bridgehead atoms. The molecule has 0 aliphatic carbocycles. The summed E-state index contributed by atoms with van der Waals surface area (Å²) in [6.45, 7) is 12.0. The molecular weight excluding hydrogens is 560 g/mol. The maximum atomic E-state index is 8.65. The summed E-state index contributed by atoms with van der Waals surface area (Å²) in [7, 11) is 1.00. The van der Waals surface area contributed by atoms with Crippen molar-refractivity contribution in [2.75, 3.05) is 7.11 Å². The first-order valence-electron chi connectivity index (χ1n) is 14.8. The fourth-order valence-corrected chi connectivity index (χ4v) is 3.17. The molecule has 6 aromatic rings. The SMILES string of the molecule is C.CC.CC.CC.CO.Oc1ccc(O)cc1.Oc1ccc(O)cc1.c1ccc2ccccc2c1.c1ccc2ccccc2c1. The number of aliphatic hydroxyl groups excluding tert-OH is 1. The third-order valence-corrected chi connectivity index (χ3v) is 5.02. The first-order chi connectivity index (χ1) is 21.5. The lowest BCUT2D eigenvalue weighted by Crippen LogP contribution is -1.67. The van der Waals surface area contributed by atoms with Gasteiger partial charge < -0.3 is 25.5 Å². The van der Waals surface area contributed by atoms with Crippen molar-refractivity contribution in [3.8, 4) is 23.0 Å². The first-order valence-corrected chi connectivity index (χ1v) is 14.8. The van der Waals surface area contributed by atoms with Gasteiger partial charge in [0.2, 0.25) is 0 Å². The third kappa shape index (κ3) is 20.5. The molecule has 5 nitrogen and oxygen atoms in total. The molecule has 5 N–H and O–H groups in total. The quantitative estimate of drug-likeness (QED) is 0.110. The molecular formula is C40H54O5. The lowest BCUT2D eigenvalue weighted by Gasteiger charge is -1.92. The van der Waals surface area contributed by atoms with E-state index in [1.807, 2.05) is 41.5 Å². The molecule has 0 aromatic heterocycles. The standard InChI is InChI=1S/2C10H8.2C6H6O2.3C2H6.CH4O.CH4/c2*1-2-6-10-8-4-3-7-9(10)5-1;2*7-5-1-2-6(8)4-3-5;4*1-2;/h2*1-8H;2*1-4,7-8H;3*1-2H3;2H,1H3;1H4. The Balaban J connectivity index is -0.000000485. The van der Waals surface area contributed by atoms with E-state index in [-0.39, 0.29) is 30.4 Å². The Bertz CT molecular complexity index is 1180. The molecule has 244 valence electrons. The second-order valence-corrected chi connectivity index (χ2v) is 7.73. The van der Waals surface area contributed by atoms with Gasteiger partial charge in [0.15, 0.2) is 0 Å². The minimum absolute atomic E-state index is 0. The van der Waals surface area contributed by atoms with Crippen LogP contribution in [0.3, 0.4) is 0 Å². The molecule has 0 unspecified atom stereocenters. The number of rotatable bonds is 0. The van der Waals surface area contributed by atoms with Gasteiger partial charge in [0, 0.05) is 7.11 Å². The molecule has 0 aliphatic heterocycles. The Morgan fingerprint density at radius 3 is 0.489 bits per heavy atom. The van der Waals surface area contributed by atoms with Crippen LogP contribution in [0.2, 0.25) is 0 Å². The minimum Gasteiger partial charge on any atom is -0.508 e. The Labute approximate surface area is 271 Å². The second-order valence-electron chi connectivity index (χ2n) is 7.73. The highest BCUT2D eigenvalue weighted by Gasteiger charge is 1.87. The van der Waals surface area contributed by atoms with E-state index >= 15 is 0 Å². The van der Waals surface area contributed by atoms with Gasteiger partial charge in [0.25, 0.3) is 0 Å². The molecule has 6 rings (SSSR count). The van der Waals surface area contributed by atoms with Gasteiger partial charge in [-0.15, -0.1) is 0 Å². The van der Waals surface area contributed by atoms with E-state index in [1.54, 1.807) is 0 Å². The second kappa shape index (κ2) is 30.5. The van der Waals surface area contributed by atoms with E-state index in [9.17, 15) is 0 Å². The molecule has 0 amide bonds. The Kier molecular flexibility index (Phi) is 30.1. The van der Waals surface area contributed by atoms with Gasteiger partial charge in [-0.05, 0) is 70.1 Å². The summed E-state index contributed by atoms with van der Waals surface area (Å²) >= 11 is 0. The molecule has 0 saturated heterocycles. The molecule has 0 fully saturated rings. The Hall–Kier alpha value is -5.00. The van der Waals surface area contributed by atoms with Crippen molar-refractivity contribution in [2.45, 2.75) is 49.0 Å². The Morgan fingerprint density at radius 1 is 0.267 bits per heavy atom. The normalized spacial score (nSPS) is 8.18. The average molecular weight is 615 g/mol. The van der Waals surface area contributed by atoms with E-state index in [0.717, 1.165) is 7.11 Å². The molecule has 6 aromatic carbocycles. The van der Waals surface area contributed by atoms with Crippen LogP contribution in [0.15, 0.2) is 146 Å². The van der Waals surface area contributed by atoms with E-state index < -0.39 is 0 Å². The van der Waals surface area contributed by atoms with Crippen LogP contribution in [0.25, 0.3) is 21.5 Å². The van der Waals surface area contributed by atoms with E-state index in [1.165, 1.54) is 70.1 Å². The minimum atomic E-state index is 0. The van der Waals surface area contributed by atoms with Gasteiger partial charge in [-0.25, -0.2) is 0 Å². The first kappa shape index (κ1) is 44.4. The van der Waals surface area contributed by atoms with Crippen molar-refractivity contribution >= 4 is 21.5 Å². The van der Waals surface area contributed by atoms with Gasteiger partial charge in [-0.1, -0.05) is 146 Å². The monoisotopic (exact) mass is 614 g/mol. The van der Waals surface area contributed by atoms with Gasteiger partial charge in [0.05, 0.1) is 0 Å². The van der Waals surface area contributed by atoms with Gasteiger partial charge in [0.1, 0.15) is 23.0 Å². The van der Waals surface area contributed by atoms with Crippen LogP contribution < -0.4 is 0 Å². The van der Waals surface area contributed by atoms with Crippen LogP contribution in [0.1, 0.15) is 49.0 Å². The van der Waals surface area contributed by atoms with Crippen LogP contribution in [-0.4, -0.2) is 32.6 Å². The summed E-state index contributed by atoms with van der Waals surface area (Å²) in [6, 6.07) is 44.8. The fourth-order valence-electron chi connectivity index (χ4n) is 3.17. The van der Waals surface area contributed by atoms with Crippen molar-refractivity contribution < 1.29 is 25.5 Å². The van der Waals surface area contributed by atoms with Crippen LogP contribution in [0.4, 0.5) is 0 Å². The number of phenols is 4. The maximum absolute atomic E-state index is 8.65. The number of benzene rings is 6. The predicted molar refractivity (Wildman–Crippen MR) is 196 cm³/mol. The van der Waals surface area contributed by atoms with Crippen molar-refractivity contribution in [3.05, 3.63) is 146 Å². The molecule has 0 saturated carbocycles. The van der Waals surface area contributed by atoms with Crippen molar-refractivity contribution in [3.63, 3.8) is 0 Å². The molecule has 5 heteroatoms. The molecule has 0 spiro atoms. The van der Waals surface area contributed by atoms with Crippen molar-refractivity contribution in [1.29, 1.82) is 0 Å². The maximum Gasteiger partial charge on any atom is 0.115 e. The number of hydrogen-bond donors (Lipinski definition) is 5. The van der Waals surface area contributed by atoms with Crippen molar-refractivity contribution in [2.24, 2.45) is 0 Å². The van der Waals surface area contributed by atoms with Crippen LogP contribution in [0, 0.1) is 0 Å². The number of phenolic OH excluding ortho intramolecular Hbond substituents is 4. The molecule has 0 heterocycles. The molecule has 0 atom stereocenters. The largest absolute Gasteiger partial charge is 0.508 e. The summed E-state index contributed by atoms with van der Waals surface area (Å²) in [6.07, 6.45) is 0. The van der Waals surface area contributed by atoms with Gasteiger partial charge in [-0.2, -0.15) is 0 Å². The number of hydrogen-bond acceptors (Lipinski definition) is 5. The van der Waals surface area contributed by atoms with E-state index in [0.29, 0.717) is 0 Å². The highest BCUT2D eigenvalue weighted by Crippen LogP contribution is 2.14. The topological polar surface area (TPSA) is 101 Å². The summed E-state index contributed by atoms with van der Waals surface area (Å²) < 4.78 is 0. The highest BCUT2D eigenvalue weighted by molar-refractivity contribution is 5.82. The fraction of sp³-hybridized carbons (Fsp3) is 0.200. The highest BCUT2D eigenvalue weighted by atomic mass is 16.3. The smallest absolute Gasteiger partial charge is 0.115 e. The average Bonchev–Trinajstić information content (AvgIpc) is 3.12. The molecule has 45 heavy (non-hydrogen) atoms. The predicted octanol–water partition coefficient (Wildman–Crippen LogP) is 11.2. The summed E-state index contributed by atoms with van der Waals surface area (Å²) in [5.41, 5.74) is 0. The third-order valence-electron chi connectivity index (χ3n) is 5.02. The zero-order chi connectivity index (χ0) is 33.6. The Morgan fingerprint density at radius 2 is 0.378 bits per heavy atom. The zero-order valence-electron chi connectivity index (χ0n) is 27.1. The van der Waals surface area contributed by atoms with Crippen molar-refractivity contribution in [1.82, 2.24) is 0 Å². The number of fused-ring (bicyclic) bond motifs is 2. The van der Waals surface area contributed by atoms with Gasteiger partial charge >= 0.3 is 0 Å². The van der Waals surface area contributed by atoms with Crippen LogP contribution in [-0.2, 0) is 0 Å². The van der Waals surface area contributed by atoms with Crippen LogP contribution >= 0.6 is 0 Å².